The van der Waals surface area contributed by atoms with Crippen LogP contribution in [0, 0.1) is 0 Å². The molecule has 1 aromatic carbocycles. The molecule has 5 nitrogen and oxygen atoms in total. The fourth-order valence-corrected chi connectivity index (χ4v) is 1.55. The fourth-order valence-electron chi connectivity index (χ4n) is 1.55. The van der Waals surface area contributed by atoms with Crippen LogP contribution in [0.3, 0.4) is 0 Å². The number of aromatic nitrogens is 2. The van der Waals surface area contributed by atoms with E-state index in [1.807, 2.05) is 0 Å². The summed E-state index contributed by atoms with van der Waals surface area (Å²) in [7, 11) is 0. The number of benzene rings is 1. The predicted octanol–water partition coefficient (Wildman–Crippen LogP) is 2.58. The SMILES string of the molecule is NCCOc1cccc(Nc2nccc(C(F)(F)F)n2)c1. The Balaban J connectivity index is 2.14. The standard InChI is InChI=1S/C13H13F3N4O/c14-13(15,16)11-4-6-18-12(20-11)19-9-2-1-3-10(8-9)21-7-5-17/h1-4,6,8H,5,7,17H2,(H,18,19,20). The minimum Gasteiger partial charge on any atom is -0.492 e. The summed E-state index contributed by atoms with van der Waals surface area (Å²) >= 11 is 0. The number of nitrogens with zero attached hydrogens (tertiary/aromatic N) is 2. The second-order valence-corrected chi connectivity index (χ2v) is 4.05. The van der Waals surface area contributed by atoms with Gasteiger partial charge < -0.3 is 15.8 Å². The topological polar surface area (TPSA) is 73.1 Å². The molecular weight excluding hydrogens is 285 g/mol. The number of rotatable bonds is 5. The predicted molar refractivity (Wildman–Crippen MR) is 71.3 cm³/mol. The van der Waals surface area contributed by atoms with E-state index in [1.54, 1.807) is 24.3 Å². The van der Waals surface area contributed by atoms with Crippen molar-refractivity contribution in [2.45, 2.75) is 6.18 Å². The molecular formula is C13H13F3N4O. The average molecular weight is 298 g/mol. The molecule has 1 aromatic heterocycles. The zero-order valence-corrected chi connectivity index (χ0v) is 10.9. The van der Waals surface area contributed by atoms with Gasteiger partial charge >= 0.3 is 6.18 Å². The van der Waals surface area contributed by atoms with Crippen molar-refractivity contribution in [3.05, 3.63) is 42.2 Å². The summed E-state index contributed by atoms with van der Waals surface area (Å²) in [5.41, 5.74) is 4.84. The lowest BCUT2D eigenvalue weighted by molar-refractivity contribution is -0.141. The molecule has 0 saturated heterocycles. The lowest BCUT2D eigenvalue weighted by Crippen LogP contribution is -2.11. The van der Waals surface area contributed by atoms with Gasteiger partial charge in [-0.25, -0.2) is 9.97 Å². The number of hydrogen-bond donors (Lipinski definition) is 2. The summed E-state index contributed by atoms with van der Waals surface area (Å²) in [4.78, 5) is 7.18. The van der Waals surface area contributed by atoms with Gasteiger partial charge in [-0.1, -0.05) is 6.07 Å². The van der Waals surface area contributed by atoms with Crippen molar-refractivity contribution < 1.29 is 17.9 Å². The molecule has 2 rings (SSSR count). The molecule has 0 saturated carbocycles. The van der Waals surface area contributed by atoms with Crippen molar-refractivity contribution >= 4 is 11.6 Å². The van der Waals surface area contributed by atoms with Gasteiger partial charge in [0.15, 0.2) is 0 Å². The van der Waals surface area contributed by atoms with Crippen molar-refractivity contribution in [2.24, 2.45) is 5.73 Å². The van der Waals surface area contributed by atoms with Crippen molar-refractivity contribution in [3.63, 3.8) is 0 Å². The summed E-state index contributed by atoms with van der Waals surface area (Å²) in [5.74, 6) is 0.415. The van der Waals surface area contributed by atoms with Crippen LogP contribution in [0.2, 0.25) is 0 Å². The Morgan fingerprint density at radius 1 is 1.24 bits per heavy atom. The number of nitrogens with two attached hydrogens (primary N) is 1. The van der Waals surface area contributed by atoms with Gasteiger partial charge in [-0.3, -0.25) is 0 Å². The number of alkyl halides is 3. The van der Waals surface area contributed by atoms with E-state index in [0.29, 0.717) is 24.6 Å². The first kappa shape index (κ1) is 15.0. The monoisotopic (exact) mass is 298 g/mol. The molecule has 0 fully saturated rings. The Kier molecular flexibility index (Phi) is 4.59. The second kappa shape index (κ2) is 6.40. The largest absolute Gasteiger partial charge is 0.492 e. The molecule has 8 heteroatoms. The molecule has 112 valence electrons. The molecule has 0 aliphatic heterocycles. The maximum atomic E-state index is 12.6. The maximum absolute atomic E-state index is 12.6. The van der Waals surface area contributed by atoms with Crippen molar-refractivity contribution in [1.82, 2.24) is 9.97 Å². The van der Waals surface area contributed by atoms with Crippen LogP contribution in [0.15, 0.2) is 36.5 Å². The Bertz CT molecular complexity index is 604. The molecule has 0 radical (unpaired) electrons. The fraction of sp³-hybridized carbons (Fsp3) is 0.231. The Hall–Kier alpha value is -2.35. The van der Waals surface area contributed by atoms with Crippen LogP contribution in [-0.2, 0) is 6.18 Å². The molecule has 0 aliphatic rings. The zero-order valence-electron chi connectivity index (χ0n) is 10.9. The minimum absolute atomic E-state index is 0.138. The molecule has 21 heavy (non-hydrogen) atoms. The molecule has 0 spiro atoms. The van der Waals surface area contributed by atoms with E-state index in [9.17, 15) is 13.2 Å². The third-order valence-electron chi connectivity index (χ3n) is 2.42. The molecule has 3 N–H and O–H groups in total. The molecule has 0 unspecified atom stereocenters. The highest BCUT2D eigenvalue weighted by atomic mass is 19.4. The maximum Gasteiger partial charge on any atom is 0.433 e. The Morgan fingerprint density at radius 3 is 2.76 bits per heavy atom. The van der Waals surface area contributed by atoms with Crippen LogP contribution >= 0.6 is 0 Å². The molecule has 1 heterocycles. The van der Waals surface area contributed by atoms with E-state index in [0.717, 1.165) is 12.3 Å². The summed E-state index contributed by atoms with van der Waals surface area (Å²) < 4.78 is 43.0. The molecule has 0 atom stereocenters. The first-order valence-electron chi connectivity index (χ1n) is 6.09. The lowest BCUT2D eigenvalue weighted by atomic mass is 10.3. The Labute approximate surface area is 119 Å². The minimum atomic E-state index is -4.51. The molecule has 0 amide bonds. The molecule has 0 aliphatic carbocycles. The number of halogens is 3. The smallest absolute Gasteiger partial charge is 0.433 e. The molecule has 0 bridgehead atoms. The van der Waals surface area contributed by atoms with Crippen LogP contribution in [-0.4, -0.2) is 23.1 Å². The summed E-state index contributed by atoms with van der Waals surface area (Å²) in [5, 5.41) is 2.70. The van der Waals surface area contributed by atoms with E-state index in [2.05, 4.69) is 15.3 Å². The number of nitrogens with one attached hydrogen (secondary N) is 1. The van der Waals surface area contributed by atoms with E-state index in [-0.39, 0.29) is 5.95 Å². The van der Waals surface area contributed by atoms with Crippen molar-refractivity contribution in [1.29, 1.82) is 0 Å². The highest BCUT2D eigenvalue weighted by Gasteiger charge is 2.32. The number of hydrogen-bond acceptors (Lipinski definition) is 5. The van der Waals surface area contributed by atoms with Gasteiger partial charge in [0, 0.05) is 24.5 Å². The van der Waals surface area contributed by atoms with Crippen molar-refractivity contribution in [2.75, 3.05) is 18.5 Å². The highest BCUT2D eigenvalue weighted by molar-refractivity contribution is 5.55. The second-order valence-electron chi connectivity index (χ2n) is 4.05. The Morgan fingerprint density at radius 2 is 2.05 bits per heavy atom. The van der Waals surface area contributed by atoms with Gasteiger partial charge in [-0.2, -0.15) is 13.2 Å². The van der Waals surface area contributed by atoms with Crippen LogP contribution in [0.5, 0.6) is 5.75 Å². The van der Waals surface area contributed by atoms with E-state index in [1.165, 1.54) is 0 Å². The van der Waals surface area contributed by atoms with Crippen LogP contribution in [0.1, 0.15) is 5.69 Å². The van der Waals surface area contributed by atoms with E-state index in [4.69, 9.17) is 10.5 Å². The van der Waals surface area contributed by atoms with E-state index >= 15 is 0 Å². The van der Waals surface area contributed by atoms with E-state index < -0.39 is 11.9 Å². The van der Waals surface area contributed by atoms with Crippen LogP contribution < -0.4 is 15.8 Å². The summed E-state index contributed by atoms with van der Waals surface area (Å²) in [6.45, 7) is 0.720. The normalized spacial score (nSPS) is 11.2. The lowest BCUT2D eigenvalue weighted by Gasteiger charge is -2.10. The van der Waals surface area contributed by atoms with Gasteiger partial charge in [-0.15, -0.1) is 0 Å². The zero-order chi connectivity index (χ0) is 15.3. The van der Waals surface area contributed by atoms with Gasteiger partial charge in [0.25, 0.3) is 0 Å². The quantitative estimate of drug-likeness (QED) is 0.887. The summed E-state index contributed by atoms with van der Waals surface area (Å²) in [6, 6.07) is 7.51. The molecule has 2 aromatic rings. The summed E-state index contributed by atoms with van der Waals surface area (Å²) in [6.07, 6.45) is -3.46. The average Bonchev–Trinajstić information content (AvgIpc) is 2.45. The van der Waals surface area contributed by atoms with Gasteiger partial charge in [0.2, 0.25) is 5.95 Å². The third-order valence-corrected chi connectivity index (χ3v) is 2.42. The van der Waals surface area contributed by atoms with Gasteiger partial charge in [0.05, 0.1) is 0 Å². The van der Waals surface area contributed by atoms with Crippen LogP contribution in [0.4, 0.5) is 24.8 Å². The first-order chi connectivity index (χ1) is 9.99. The number of ether oxygens (including phenoxy) is 1. The van der Waals surface area contributed by atoms with Gasteiger partial charge in [-0.05, 0) is 18.2 Å². The highest BCUT2D eigenvalue weighted by Crippen LogP contribution is 2.28. The van der Waals surface area contributed by atoms with Crippen molar-refractivity contribution in [3.8, 4) is 5.75 Å². The first-order valence-corrected chi connectivity index (χ1v) is 6.09. The number of anilines is 2. The van der Waals surface area contributed by atoms with Gasteiger partial charge in [0.1, 0.15) is 18.1 Å². The third kappa shape index (κ3) is 4.32. The van der Waals surface area contributed by atoms with Crippen LogP contribution in [0.25, 0.3) is 0 Å².